The normalized spacial score (nSPS) is 33.1. The Balaban J connectivity index is 1.53. The second kappa shape index (κ2) is 5.93. The van der Waals surface area contributed by atoms with Crippen molar-refractivity contribution in [3.05, 3.63) is 0 Å². The molecule has 2 heterocycles. The first kappa shape index (κ1) is 14.8. The Morgan fingerprint density at radius 1 is 1.29 bits per heavy atom. The predicted molar refractivity (Wildman–Crippen MR) is 73.8 cm³/mol. The minimum Gasteiger partial charge on any atom is -0.481 e. The summed E-state index contributed by atoms with van der Waals surface area (Å²) in [6.45, 7) is 2.36. The van der Waals surface area contributed by atoms with Crippen LogP contribution in [0.1, 0.15) is 32.1 Å². The number of carboxylic acid groups (broad SMARTS) is 1. The zero-order valence-electron chi connectivity index (χ0n) is 12.3. The van der Waals surface area contributed by atoms with Crippen molar-refractivity contribution in [3.8, 4) is 0 Å². The Hall–Kier alpha value is -1.14. The first-order chi connectivity index (χ1) is 10.1. The zero-order chi connectivity index (χ0) is 14.9. The lowest BCUT2D eigenvalue weighted by atomic mass is 9.81. The number of fused-ring (bicyclic) bond motifs is 1. The molecule has 0 spiro atoms. The summed E-state index contributed by atoms with van der Waals surface area (Å²) in [5.41, 5.74) is -0.700. The van der Waals surface area contributed by atoms with E-state index in [9.17, 15) is 14.7 Å². The highest BCUT2D eigenvalue weighted by molar-refractivity contribution is 5.82. The summed E-state index contributed by atoms with van der Waals surface area (Å²) in [5.74, 6) is -0.704. The number of ether oxygens (including phenoxy) is 2. The van der Waals surface area contributed by atoms with E-state index in [1.807, 2.05) is 0 Å². The minimum atomic E-state index is -0.745. The summed E-state index contributed by atoms with van der Waals surface area (Å²) in [5, 5.41) is 9.52. The number of carbonyl (C=O) groups is 2. The first-order valence-electron chi connectivity index (χ1n) is 7.82. The molecule has 1 aliphatic carbocycles. The number of carbonyl (C=O) groups excluding carboxylic acids is 1. The molecule has 6 nitrogen and oxygen atoms in total. The summed E-state index contributed by atoms with van der Waals surface area (Å²) < 4.78 is 10.9. The maximum atomic E-state index is 12.3. The molecule has 0 aromatic rings. The van der Waals surface area contributed by atoms with E-state index in [1.54, 1.807) is 4.90 Å². The molecule has 118 valence electrons. The standard InChI is InChI=1S/C15H23NO5/c17-13(9-21-12-3-6-20-7-4-12)16-8-11-2-1-5-15(11,10-16)14(18)19/h11-12H,1-10H2,(H,18,19)/t11-,15+/m0/s1. The van der Waals surface area contributed by atoms with Crippen molar-refractivity contribution in [2.45, 2.75) is 38.2 Å². The number of aliphatic carboxylic acids is 1. The molecule has 0 unspecified atom stereocenters. The number of hydrogen-bond donors (Lipinski definition) is 1. The van der Waals surface area contributed by atoms with Crippen molar-refractivity contribution >= 4 is 11.9 Å². The van der Waals surface area contributed by atoms with E-state index >= 15 is 0 Å². The molecule has 1 amide bonds. The number of rotatable bonds is 4. The molecular formula is C15H23NO5. The van der Waals surface area contributed by atoms with Crippen molar-refractivity contribution in [1.82, 2.24) is 4.90 Å². The summed E-state index contributed by atoms with van der Waals surface area (Å²) in [4.78, 5) is 25.5. The fraction of sp³-hybridized carbons (Fsp3) is 0.867. The van der Waals surface area contributed by atoms with Crippen molar-refractivity contribution in [1.29, 1.82) is 0 Å². The van der Waals surface area contributed by atoms with Gasteiger partial charge >= 0.3 is 5.97 Å². The molecule has 2 atom stereocenters. The Labute approximate surface area is 124 Å². The Morgan fingerprint density at radius 2 is 2.05 bits per heavy atom. The number of hydrogen-bond acceptors (Lipinski definition) is 4. The van der Waals surface area contributed by atoms with Crippen molar-refractivity contribution < 1.29 is 24.2 Å². The van der Waals surface area contributed by atoms with Crippen LogP contribution >= 0.6 is 0 Å². The highest BCUT2D eigenvalue weighted by Crippen LogP contribution is 2.48. The van der Waals surface area contributed by atoms with Crippen LogP contribution in [0.25, 0.3) is 0 Å². The largest absolute Gasteiger partial charge is 0.481 e. The van der Waals surface area contributed by atoms with E-state index in [0.29, 0.717) is 32.7 Å². The van der Waals surface area contributed by atoms with Gasteiger partial charge in [-0.1, -0.05) is 6.42 Å². The topological polar surface area (TPSA) is 76.1 Å². The average molecular weight is 297 g/mol. The predicted octanol–water partition coefficient (Wildman–Crippen LogP) is 0.895. The molecule has 2 aliphatic heterocycles. The molecule has 2 saturated heterocycles. The van der Waals surface area contributed by atoms with E-state index in [2.05, 4.69) is 0 Å². The molecule has 3 fully saturated rings. The van der Waals surface area contributed by atoms with Gasteiger partial charge in [0.25, 0.3) is 0 Å². The lowest BCUT2D eigenvalue weighted by molar-refractivity contribution is -0.150. The van der Waals surface area contributed by atoms with Crippen LogP contribution in [0, 0.1) is 11.3 Å². The second-order valence-corrected chi connectivity index (χ2v) is 6.45. The van der Waals surface area contributed by atoms with Gasteiger partial charge in [0.2, 0.25) is 5.91 Å². The zero-order valence-corrected chi connectivity index (χ0v) is 12.3. The Morgan fingerprint density at radius 3 is 2.71 bits per heavy atom. The lowest BCUT2D eigenvalue weighted by Crippen LogP contribution is -2.39. The fourth-order valence-corrected chi connectivity index (χ4v) is 3.95. The van der Waals surface area contributed by atoms with Gasteiger partial charge in [-0.25, -0.2) is 0 Å². The van der Waals surface area contributed by atoms with Gasteiger partial charge in [0.15, 0.2) is 0 Å². The maximum Gasteiger partial charge on any atom is 0.311 e. The van der Waals surface area contributed by atoms with Gasteiger partial charge in [0.1, 0.15) is 6.61 Å². The molecule has 3 rings (SSSR count). The van der Waals surface area contributed by atoms with E-state index in [1.165, 1.54) is 0 Å². The smallest absolute Gasteiger partial charge is 0.311 e. The Kier molecular flexibility index (Phi) is 4.17. The third-order valence-electron chi connectivity index (χ3n) is 5.26. The SMILES string of the molecule is O=C(COC1CCOCC1)N1C[C@@H]2CCC[C@@]2(C(=O)O)C1. The molecule has 6 heteroatoms. The molecule has 3 aliphatic rings. The highest BCUT2D eigenvalue weighted by Gasteiger charge is 2.55. The van der Waals surface area contributed by atoms with E-state index < -0.39 is 11.4 Å². The van der Waals surface area contributed by atoms with Crippen molar-refractivity contribution in [2.75, 3.05) is 32.9 Å². The number of nitrogens with zero attached hydrogens (tertiary/aromatic N) is 1. The van der Waals surface area contributed by atoms with Gasteiger partial charge in [-0.2, -0.15) is 0 Å². The van der Waals surface area contributed by atoms with Crippen LogP contribution in [0.2, 0.25) is 0 Å². The van der Waals surface area contributed by atoms with Gasteiger partial charge in [0.05, 0.1) is 11.5 Å². The van der Waals surface area contributed by atoms with Crippen molar-refractivity contribution in [3.63, 3.8) is 0 Å². The monoisotopic (exact) mass is 297 g/mol. The third-order valence-corrected chi connectivity index (χ3v) is 5.26. The maximum absolute atomic E-state index is 12.3. The number of amides is 1. The summed E-state index contributed by atoms with van der Waals surface area (Å²) in [6, 6.07) is 0. The van der Waals surface area contributed by atoms with Crippen LogP contribution in [-0.4, -0.2) is 60.9 Å². The van der Waals surface area contributed by atoms with E-state index in [4.69, 9.17) is 9.47 Å². The van der Waals surface area contributed by atoms with Gasteiger partial charge < -0.3 is 19.5 Å². The average Bonchev–Trinajstić information content (AvgIpc) is 3.03. The van der Waals surface area contributed by atoms with Gasteiger partial charge in [0, 0.05) is 26.3 Å². The minimum absolute atomic E-state index is 0.0626. The van der Waals surface area contributed by atoms with Crippen LogP contribution in [-0.2, 0) is 19.1 Å². The second-order valence-electron chi connectivity index (χ2n) is 6.45. The van der Waals surface area contributed by atoms with Gasteiger partial charge in [-0.3, -0.25) is 9.59 Å². The van der Waals surface area contributed by atoms with Crippen LogP contribution < -0.4 is 0 Å². The molecule has 0 aromatic heterocycles. The third kappa shape index (κ3) is 2.79. The van der Waals surface area contributed by atoms with Gasteiger partial charge in [-0.05, 0) is 31.6 Å². The molecule has 21 heavy (non-hydrogen) atoms. The molecule has 0 aromatic carbocycles. The summed E-state index contributed by atoms with van der Waals surface area (Å²) >= 11 is 0. The van der Waals surface area contributed by atoms with Crippen molar-refractivity contribution in [2.24, 2.45) is 11.3 Å². The van der Waals surface area contributed by atoms with Gasteiger partial charge in [-0.15, -0.1) is 0 Å². The molecule has 0 bridgehead atoms. The van der Waals surface area contributed by atoms with Crippen LogP contribution in [0.5, 0.6) is 0 Å². The van der Waals surface area contributed by atoms with Crippen LogP contribution in [0.3, 0.4) is 0 Å². The van der Waals surface area contributed by atoms with Crippen LogP contribution in [0.15, 0.2) is 0 Å². The lowest BCUT2D eigenvalue weighted by Gasteiger charge is -2.25. The molecule has 1 saturated carbocycles. The fourth-order valence-electron chi connectivity index (χ4n) is 3.95. The Bertz CT molecular complexity index is 420. The highest BCUT2D eigenvalue weighted by atomic mass is 16.5. The molecule has 1 N–H and O–H groups in total. The first-order valence-corrected chi connectivity index (χ1v) is 7.82. The van der Waals surface area contributed by atoms with E-state index in [0.717, 1.165) is 25.7 Å². The molecular weight excluding hydrogens is 274 g/mol. The summed E-state index contributed by atoms with van der Waals surface area (Å²) in [7, 11) is 0. The quantitative estimate of drug-likeness (QED) is 0.834. The van der Waals surface area contributed by atoms with E-state index in [-0.39, 0.29) is 24.5 Å². The number of likely N-dealkylation sites (tertiary alicyclic amines) is 1. The molecule has 0 radical (unpaired) electrons. The van der Waals surface area contributed by atoms with Crippen LogP contribution in [0.4, 0.5) is 0 Å². The summed E-state index contributed by atoms with van der Waals surface area (Å²) in [6.07, 6.45) is 4.31. The number of carboxylic acids is 1.